The number of piperazine rings is 1. The molecule has 1 aliphatic heterocycles. The maximum absolute atomic E-state index is 12.3. The van der Waals surface area contributed by atoms with Crippen molar-refractivity contribution in [3.05, 3.63) is 18.2 Å². The molecule has 1 aromatic carbocycles. The van der Waals surface area contributed by atoms with Crippen LogP contribution in [-0.2, 0) is 4.79 Å². The van der Waals surface area contributed by atoms with Crippen molar-refractivity contribution >= 4 is 28.3 Å². The van der Waals surface area contributed by atoms with Crippen molar-refractivity contribution in [2.24, 2.45) is 0 Å². The molecule has 1 aliphatic rings. The third kappa shape index (κ3) is 4.97. The van der Waals surface area contributed by atoms with E-state index in [-0.39, 0.29) is 5.91 Å². The Balaban J connectivity index is 1.55. The lowest BCUT2D eigenvalue weighted by Gasteiger charge is -2.32. The van der Waals surface area contributed by atoms with E-state index in [4.69, 9.17) is 0 Å². The van der Waals surface area contributed by atoms with Gasteiger partial charge in [0.1, 0.15) is 0 Å². The average Bonchev–Trinajstić information content (AvgIpc) is 3.07. The van der Waals surface area contributed by atoms with Gasteiger partial charge in [0.2, 0.25) is 5.91 Å². The molecular formula is C19H31N7O. The summed E-state index contributed by atoms with van der Waals surface area (Å²) in [5, 5.41) is 13.4. The van der Waals surface area contributed by atoms with Crippen molar-refractivity contribution < 1.29 is 4.79 Å². The zero-order chi connectivity index (χ0) is 19.2. The van der Waals surface area contributed by atoms with Crippen LogP contribution in [-0.4, -0.2) is 78.9 Å². The molecule has 2 aromatic rings. The molecule has 0 atom stereocenters. The molecule has 27 heavy (non-hydrogen) atoms. The van der Waals surface area contributed by atoms with Gasteiger partial charge in [-0.3, -0.25) is 15.3 Å². The Bertz CT molecular complexity index is 748. The summed E-state index contributed by atoms with van der Waals surface area (Å²) in [6.07, 6.45) is 0.413. The van der Waals surface area contributed by atoms with Gasteiger partial charge >= 0.3 is 0 Å². The number of amides is 1. The summed E-state index contributed by atoms with van der Waals surface area (Å²) in [4.78, 5) is 16.9. The predicted octanol–water partition coefficient (Wildman–Crippen LogP) is 1.49. The van der Waals surface area contributed by atoms with Crippen LogP contribution in [0.5, 0.6) is 0 Å². The van der Waals surface area contributed by atoms with Crippen molar-refractivity contribution in [1.82, 2.24) is 25.5 Å². The van der Waals surface area contributed by atoms with Crippen LogP contribution >= 0.6 is 0 Å². The molecule has 0 aliphatic carbocycles. The highest BCUT2D eigenvalue weighted by Gasteiger charge is 2.14. The van der Waals surface area contributed by atoms with Crippen LogP contribution in [0, 0.1) is 0 Å². The Hall–Kier alpha value is -2.16. The first-order chi connectivity index (χ1) is 13.1. The molecule has 0 unspecified atom stereocenters. The van der Waals surface area contributed by atoms with Crippen LogP contribution in [0.3, 0.4) is 0 Å². The van der Waals surface area contributed by atoms with Crippen molar-refractivity contribution in [2.75, 3.05) is 63.1 Å². The van der Waals surface area contributed by atoms with E-state index in [1.165, 1.54) is 0 Å². The summed E-state index contributed by atoms with van der Waals surface area (Å²) in [7, 11) is 2.13. The van der Waals surface area contributed by atoms with Gasteiger partial charge in [-0.1, -0.05) is 0 Å². The van der Waals surface area contributed by atoms with E-state index in [9.17, 15) is 4.79 Å². The fraction of sp³-hybridized carbons (Fsp3) is 0.579. The van der Waals surface area contributed by atoms with E-state index in [0.29, 0.717) is 18.8 Å². The molecule has 3 rings (SSSR count). The molecule has 8 nitrogen and oxygen atoms in total. The third-order valence-electron chi connectivity index (χ3n) is 5.12. The first kappa shape index (κ1) is 19.6. The number of H-pyrrole nitrogens is 1. The van der Waals surface area contributed by atoms with Gasteiger partial charge in [0.25, 0.3) is 0 Å². The number of nitrogens with one attached hydrogen (secondary N) is 3. The Labute approximate surface area is 160 Å². The minimum absolute atomic E-state index is 0.0294. The van der Waals surface area contributed by atoms with Crippen molar-refractivity contribution in [1.29, 1.82) is 0 Å². The number of anilines is 2. The fourth-order valence-corrected chi connectivity index (χ4v) is 3.37. The lowest BCUT2D eigenvalue weighted by molar-refractivity contribution is -0.116. The van der Waals surface area contributed by atoms with Crippen molar-refractivity contribution in [3.8, 4) is 0 Å². The van der Waals surface area contributed by atoms with Gasteiger partial charge in [-0.15, -0.1) is 0 Å². The van der Waals surface area contributed by atoms with Crippen molar-refractivity contribution in [2.45, 2.75) is 20.3 Å². The minimum Gasteiger partial charge on any atom is -0.372 e. The minimum atomic E-state index is -0.0294. The fourth-order valence-electron chi connectivity index (χ4n) is 3.37. The average molecular weight is 374 g/mol. The maximum Gasteiger partial charge on any atom is 0.226 e. The zero-order valence-corrected chi connectivity index (χ0v) is 16.6. The Morgan fingerprint density at radius 2 is 1.96 bits per heavy atom. The Morgan fingerprint density at radius 3 is 2.67 bits per heavy atom. The van der Waals surface area contributed by atoms with Crippen molar-refractivity contribution in [3.63, 3.8) is 0 Å². The lowest BCUT2D eigenvalue weighted by atomic mass is 10.2. The van der Waals surface area contributed by atoms with E-state index < -0.39 is 0 Å². The largest absolute Gasteiger partial charge is 0.372 e. The highest BCUT2D eigenvalue weighted by Crippen LogP contribution is 2.26. The number of likely N-dealkylation sites (N-methyl/N-ethyl adjacent to an activating group) is 1. The molecule has 0 saturated carbocycles. The molecule has 8 heteroatoms. The van der Waals surface area contributed by atoms with Gasteiger partial charge < -0.3 is 15.1 Å². The number of nitrogens with zero attached hydrogens (tertiary/aromatic N) is 4. The molecule has 0 bridgehead atoms. The summed E-state index contributed by atoms with van der Waals surface area (Å²) in [6.45, 7) is 10.9. The number of hydrazine groups is 1. The highest BCUT2D eigenvalue weighted by atomic mass is 16.1. The zero-order valence-electron chi connectivity index (χ0n) is 16.6. The standard InChI is InChI=1S/C19H31N7O/c1-4-25(5-2)15-6-7-17-16(14-15)19(23-22-17)21-18(27)8-9-20-26-12-10-24(3)11-13-26/h6-7,14,20H,4-5,8-13H2,1-3H3,(H2,21,22,23,27). The van der Waals surface area contributed by atoms with E-state index in [2.05, 4.69) is 68.8 Å². The molecular weight excluding hydrogens is 342 g/mol. The molecule has 1 amide bonds. The third-order valence-corrected chi connectivity index (χ3v) is 5.12. The van der Waals surface area contributed by atoms with Gasteiger partial charge in [-0.2, -0.15) is 5.10 Å². The smallest absolute Gasteiger partial charge is 0.226 e. The monoisotopic (exact) mass is 373 g/mol. The number of carbonyl (C=O) groups excluding carboxylic acids is 1. The quantitative estimate of drug-likeness (QED) is 0.651. The number of aromatic amines is 1. The summed E-state index contributed by atoms with van der Waals surface area (Å²) in [5.74, 6) is 0.571. The van der Waals surface area contributed by atoms with Crippen LogP contribution in [0.4, 0.5) is 11.5 Å². The van der Waals surface area contributed by atoms with Gasteiger partial charge in [-0.05, 0) is 39.1 Å². The molecule has 0 radical (unpaired) electrons. The number of aromatic nitrogens is 2. The molecule has 148 valence electrons. The number of rotatable bonds is 8. The second-order valence-corrected chi connectivity index (χ2v) is 6.97. The number of benzene rings is 1. The highest BCUT2D eigenvalue weighted by molar-refractivity contribution is 6.00. The topological polar surface area (TPSA) is 79.5 Å². The van der Waals surface area contributed by atoms with Gasteiger partial charge in [-0.25, -0.2) is 5.01 Å². The molecule has 1 saturated heterocycles. The number of fused-ring (bicyclic) bond motifs is 1. The second-order valence-electron chi connectivity index (χ2n) is 6.97. The van der Waals surface area contributed by atoms with Crippen LogP contribution < -0.4 is 15.6 Å². The number of hydrogen-bond donors (Lipinski definition) is 3. The molecule has 1 aromatic heterocycles. The first-order valence-corrected chi connectivity index (χ1v) is 9.80. The van der Waals surface area contributed by atoms with Gasteiger partial charge in [0, 0.05) is 63.3 Å². The Morgan fingerprint density at radius 1 is 1.22 bits per heavy atom. The molecule has 2 heterocycles. The second kappa shape index (κ2) is 9.16. The van der Waals surface area contributed by atoms with E-state index in [1.807, 2.05) is 6.07 Å². The number of carbonyl (C=O) groups is 1. The maximum atomic E-state index is 12.3. The normalized spacial score (nSPS) is 16.0. The van der Waals surface area contributed by atoms with E-state index in [1.54, 1.807) is 0 Å². The van der Waals surface area contributed by atoms with E-state index >= 15 is 0 Å². The van der Waals surface area contributed by atoms with Crippen LogP contribution in [0.2, 0.25) is 0 Å². The van der Waals surface area contributed by atoms with Gasteiger partial charge in [0.15, 0.2) is 5.82 Å². The van der Waals surface area contributed by atoms with Gasteiger partial charge in [0.05, 0.1) is 5.52 Å². The lowest BCUT2D eigenvalue weighted by Crippen LogP contribution is -2.51. The number of hydrogen-bond acceptors (Lipinski definition) is 6. The molecule has 1 fully saturated rings. The van der Waals surface area contributed by atoms with E-state index in [0.717, 1.165) is 55.9 Å². The SMILES string of the molecule is CCN(CC)c1ccc2[nH]nc(NC(=O)CCNN3CCN(C)CC3)c2c1. The summed E-state index contributed by atoms with van der Waals surface area (Å²) in [6, 6.07) is 6.18. The molecule has 0 spiro atoms. The summed E-state index contributed by atoms with van der Waals surface area (Å²) >= 11 is 0. The van der Waals surface area contributed by atoms with Crippen LogP contribution in [0.15, 0.2) is 18.2 Å². The summed E-state index contributed by atoms with van der Waals surface area (Å²) in [5.41, 5.74) is 5.41. The first-order valence-electron chi connectivity index (χ1n) is 9.80. The van der Waals surface area contributed by atoms with Crippen LogP contribution in [0.1, 0.15) is 20.3 Å². The Kier molecular flexibility index (Phi) is 6.65. The molecule has 3 N–H and O–H groups in total. The summed E-state index contributed by atoms with van der Waals surface area (Å²) < 4.78 is 0. The van der Waals surface area contributed by atoms with Crippen LogP contribution in [0.25, 0.3) is 10.9 Å². The predicted molar refractivity (Wildman–Crippen MR) is 110 cm³/mol.